The van der Waals surface area contributed by atoms with E-state index in [2.05, 4.69) is 14.5 Å². The quantitative estimate of drug-likeness (QED) is 0.286. The first-order chi connectivity index (χ1) is 12.1. The van der Waals surface area contributed by atoms with Crippen LogP contribution in [-0.2, 0) is 4.79 Å². The van der Waals surface area contributed by atoms with Crippen molar-refractivity contribution in [1.82, 2.24) is 9.19 Å². The Balaban J connectivity index is 1.69. The van der Waals surface area contributed by atoms with Crippen molar-refractivity contribution in [3.8, 4) is 11.3 Å². The van der Waals surface area contributed by atoms with E-state index in [4.69, 9.17) is 0 Å². The molecule has 1 amide bonds. The zero-order valence-corrected chi connectivity index (χ0v) is 15.3. The van der Waals surface area contributed by atoms with Crippen LogP contribution in [0.5, 0.6) is 0 Å². The summed E-state index contributed by atoms with van der Waals surface area (Å²) in [6.45, 7) is 0. The Morgan fingerprint density at radius 3 is 2.76 bits per heavy atom. The molecular formula is C16H12N4O3SSe. The maximum absolute atomic E-state index is 12.1. The van der Waals surface area contributed by atoms with E-state index in [1.165, 1.54) is 23.9 Å². The molecule has 0 aliphatic carbocycles. The average Bonchev–Trinajstić information content (AvgIpc) is 3.09. The molecule has 1 N–H and O–H groups in total. The third-order valence-electron chi connectivity index (χ3n) is 3.18. The fraction of sp³-hybridized carbons (Fsp3) is 0.0625. The Morgan fingerprint density at radius 2 is 2.00 bits per heavy atom. The van der Waals surface area contributed by atoms with Crippen LogP contribution in [0.15, 0.2) is 58.4 Å². The van der Waals surface area contributed by atoms with Crippen LogP contribution in [0.3, 0.4) is 0 Å². The van der Waals surface area contributed by atoms with Crippen LogP contribution in [0.2, 0.25) is 0 Å². The van der Waals surface area contributed by atoms with Gasteiger partial charge in [0.25, 0.3) is 0 Å². The predicted molar refractivity (Wildman–Crippen MR) is 96.9 cm³/mol. The van der Waals surface area contributed by atoms with Crippen LogP contribution in [0.4, 0.5) is 11.4 Å². The Morgan fingerprint density at radius 1 is 1.20 bits per heavy atom. The van der Waals surface area contributed by atoms with Gasteiger partial charge in [0.15, 0.2) is 0 Å². The van der Waals surface area contributed by atoms with Gasteiger partial charge in [-0.2, -0.15) is 0 Å². The number of non-ortho nitro benzene ring substituents is 1. The van der Waals surface area contributed by atoms with E-state index in [9.17, 15) is 14.9 Å². The number of nitro groups is 1. The summed E-state index contributed by atoms with van der Waals surface area (Å²) in [5.74, 6) is 0.111. The number of nitro benzene ring substituents is 1. The first-order valence-electron chi connectivity index (χ1n) is 7.18. The normalized spacial score (nSPS) is 10.4. The number of carbonyl (C=O) groups excluding carboxylic acids is 1. The van der Waals surface area contributed by atoms with Crippen molar-refractivity contribution in [3.05, 3.63) is 64.7 Å². The fourth-order valence-corrected chi connectivity index (χ4v) is 4.55. The second-order valence-corrected chi connectivity index (χ2v) is 8.07. The molecule has 0 spiro atoms. The molecule has 3 aromatic rings. The first kappa shape index (κ1) is 17.3. The molecule has 9 heteroatoms. The number of rotatable bonds is 6. The van der Waals surface area contributed by atoms with Crippen LogP contribution >= 0.6 is 11.8 Å². The van der Waals surface area contributed by atoms with Gasteiger partial charge < -0.3 is 0 Å². The summed E-state index contributed by atoms with van der Waals surface area (Å²) in [7, 11) is 0. The number of carbonyl (C=O) groups is 1. The summed E-state index contributed by atoms with van der Waals surface area (Å²) in [4.78, 5) is 22.5. The van der Waals surface area contributed by atoms with Gasteiger partial charge in [-0.15, -0.1) is 0 Å². The van der Waals surface area contributed by atoms with Crippen LogP contribution in [0, 0.1) is 10.1 Å². The van der Waals surface area contributed by atoms with Gasteiger partial charge in [0, 0.05) is 0 Å². The van der Waals surface area contributed by atoms with Crippen molar-refractivity contribution in [2.75, 3.05) is 11.1 Å². The van der Waals surface area contributed by atoms with Gasteiger partial charge in [-0.05, 0) is 0 Å². The van der Waals surface area contributed by atoms with Gasteiger partial charge in [0.1, 0.15) is 0 Å². The van der Waals surface area contributed by atoms with Crippen molar-refractivity contribution in [2.24, 2.45) is 0 Å². The Bertz CT molecular complexity index is 901. The van der Waals surface area contributed by atoms with E-state index in [1.54, 1.807) is 12.1 Å². The van der Waals surface area contributed by atoms with E-state index in [0.29, 0.717) is 11.3 Å². The molecule has 0 radical (unpaired) electrons. The summed E-state index contributed by atoms with van der Waals surface area (Å²) in [5, 5.41) is 17.8. The Labute approximate surface area is 153 Å². The van der Waals surface area contributed by atoms with Crippen molar-refractivity contribution in [3.63, 3.8) is 0 Å². The summed E-state index contributed by atoms with van der Waals surface area (Å²) in [5.41, 5.74) is 2.00. The summed E-state index contributed by atoms with van der Waals surface area (Å²) in [6.07, 6.45) is 0. The van der Waals surface area contributed by atoms with Crippen molar-refractivity contribution in [2.45, 2.75) is 3.77 Å². The SMILES string of the molecule is O=C(CSc1[se]nnc1-c1cccc([N+](=O)[O-])c1)Nc1ccccc1. The molecule has 1 heterocycles. The monoisotopic (exact) mass is 420 g/mol. The summed E-state index contributed by atoms with van der Waals surface area (Å²) >= 11 is 1.16. The van der Waals surface area contributed by atoms with E-state index in [1.807, 2.05) is 30.3 Å². The molecule has 7 nitrogen and oxygen atoms in total. The summed E-state index contributed by atoms with van der Waals surface area (Å²) in [6, 6.07) is 15.5. The molecule has 0 bridgehead atoms. The molecule has 0 atom stereocenters. The zero-order valence-electron chi connectivity index (χ0n) is 12.8. The molecule has 0 unspecified atom stereocenters. The molecular weight excluding hydrogens is 407 g/mol. The topological polar surface area (TPSA) is 98.0 Å². The molecule has 0 fully saturated rings. The number of hydrogen-bond donors (Lipinski definition) is 1. The van der Waals surface area contributed by atoms with Gasteiger partial charge in [0.2, 0.25) is 0 Å². The molecule has 2 aromatic carbocycles. The van der Waals surface area contributed by atoms with Crippen molar-refractivity contribution < 1.29 is 9.72 Å². The molecule has 0 saturated heterocycles. The van der Waals surface area contributed by atoms with E-state index >= 15 is 0 Å². The number of para-hydroxylation sites is 1. The number of anilines is 1. The minimum absolute atomic E-state index is 0.00534. The van der Waals surface area contributed by atoms with Gasteiger partial charge in [-0.3, -0.25) is 0 Å². The Kier molecular flexibility index (Phi) is 5.60. The number of nitrogens with zero attached hydrogens (tertiary/aromatic N) is 3. The van der Waals surface area contributed by atoms with Crippen molar-refractivity contribution >= 4 is 43.8 Å². The van der Waals surface area contributed by atoms with Crippen LogP contribution in [0.1, 0.15) is 0 Å². The number of hydrogen-bond acceptors (Lipinski definition) is 6. The number of aromatic nitrogens is 2. The minimum atomic E-state index is -0.443. The molecule has 0 aliphatic heterocycles. The van der Waals surface area contributed by atoms with Gasteiger partial charge in [-0.1, -0.05) is 0 Å². The van der Waals surface area contributed by atoms with Crippen LogP contribution in [0.25, 0.3) is 11.3 Å². The van der Waals surface area contributed by atoms with Crippen LogP contribution in [-0.4, -0.2) is 40.5 Å². The van der Waals surface area contributed by atoms with E-state index in [0.717, 1.165) is 9.46 Å². The number of thioether (sulfide) groups is 1. The van der Waals surface area contributed by atoms with Gasteiger partial charge in [0.05, 0.1) is 0 Å². The predicted octanol–water partition coefficient (Wildman–Crippen LogP) is 2.84. The third kappa shape index (κ3) is 4.54. The van der Waals surface area contributed by atoms with E-state index in [-0.39, 0.29) is 32.1 Å². The second kappa shape index (κ2) is 8.06. The van der Waals surface area contributed by atoms with Gasteiger partial charge >= 0.3 is 153 Å². The zero-order chi connectivity index (χ0) is 17.6. The number of amides is 1. The molecule has 25 heavy (non-hydrogen) atoms. The molecule has 0 saturated carbocycles. The number of benzene rings is 2. The maximum atomic E-state index is 12.1. The van der Waals surface area contributed by atoms with Gasteiger partial charge in [-0.25, -0.2) is 0 Å². The molecule has 1 aromatic heterocycles. The molecule has 126 valence electrons. The number of nitrogens with one attached hydrogen (secondary N) is 1. The standard InChI is InChI=1S/C16H12N4O3SSe/c21-14(17-12-6-2-1-3-7-12)10-24-16-15(18-19-25-16)11-5-4-8-13(9-11)20(22)23/h1-9H,10H2,(H,17,21). The molecule has 3 rings (SSSR count). The fourth-order valence-electron chi connectivity index (χ4n) is 2.07. The third-order valence-corrected chi connectivity index (χ3v) is 6.27. The molecule has 0 aliphatic rings. The van der Waals surface area contributed by atoms with E-state index < -0.39 is 4.92 Å². The van der Waals surface area contributed by atoms with Crippen molar-refractivity contribution in [1.29, 1.82) is 0 Å². The average molecular weight is 419 g/mol. The van der Waals surface area contributed by atoms with Crippen LogP contribution < -0.4 is 5.32 Å². The summed E-state index contributed by atoms with van der Waals surface area (Å²) < 4.78 is 4.94. The Hall–Kier alpha value is -2.48. The first-order valence-corrected chi connectivity index (χ1v) is 9.79. The second-order valence-electron chi connectivity index (χ2n) is 4.92.